The van der Waals surface area contributed by atoms with Gasteiger partial charge in [0, 0.05) is 7.11 Å². The van der Waals surface area contributed by atoms with E-state index in [0.29, 0.717) is 0 Å². The normalized spacial score (nSPS) is 49.3. The summed E-state index contributed by atoms with van der Waals surface area (Å²) < 4.78 is 9.85. The molecule has 1 aliphatic heterocycles. The van der Waals surface area contributed by atoms with Gasteiger partial charge in [-0.3, -0.25) is 0 Å². The van der Waals surface area contributed by atoms with Crippen LogP contribution in [0.1, 0.15) is 6.92 Å². The Morgan fingerprint density at radius 1 is 1.43 bits per heavy atom. The lowest BCUT2D eigenvalue weighted by Gasteiger charge is -2.45. The van der Waals surface area contributed by atoms with Crippen LogP contribution < -0.4 is 0 Å². The number of ether oxygens (including phenoxy) is 2. The van der Waals surface area contributed by atoms with Crippen LogP contribution in [0.2, 0.25) is 0 Å². The molecule has 1 fully saturated rings. The molecule has 14 heavy (non-hydrogen) atoms. The zero-order valence-corrected chi connectivity index (χ0v) is 8.12. The number of hydrogen-bond acceptors (Lipinski definition) is 6. The van der Waals surface area contributed by atoms with Gasteiger partial charge >= 0.3 is 0 Å². The van der Waals surface area contributed by atoms with Crippen LogP contribution in [0.15, 0.2) is 0 Å². The van der Waals surface area contributed by atoms with E-state index in [1.165, 1.54) is 14.0 Å². The van der Waals surface area contributed by atoms with E-state index in [-0.39, 0.29) is 0 Å². The van der Waals surface area contributed by atoms with Gasteiger partial charge in [0.1, 0.15) is 23.9 Å². The molecule has 6 nitrogen and oxygen atoms in total. The fourth-order valence-corrected chi connectivity index (χ4v) is 1.51. The maximum atomic E-state index is 9.74. The molecule has 4 N–H and O–H groups in total. The van der Waals surface area contributed by atoms with Crippen molar-refractivity contribution in [2.45, 2.75) is 37.1 Å². The largest absolute Gasteiger partial charge is 0.394 e. The highest BCUT2D eigenvalue weighted by Gasteiger charge is 2.51. The second-order valence-corrected chi connectivity index (χ2v) is 3.59. The lowest BCUT2D eigenvalue weighted by Crippen LogP contribution is -2.65. The van der Waals surface area contributed by atoms with Crippen molar-refractivity contribution >= 4 is 0 Å². The molecule has 1 aliphatic rings. The first-order valence-electron chi connectivity index (χ1n) is 4.32. The van der Waals surface area contributed by atoms with Gasteiger partial charge in [-0.1, -0.05) is 0 Å². The summed E-state index contributed by atoms with van der Waals surface area (Å²) in [5.74, 6) is 0. The quantitative estimate of drug-likeness (QED) is 0.412. The molecule has 0 spiro atoms. The van der Waals surface area contributed by atoms with Gasteiger partial charge < -0.3 is 29.9 Å². The zero-order chi connectivity index (χ0) is 10.9. The molecule has 0 radical (unpaired) electrons. The maximum Gasteiger partial charge on any atom is 0.188 e. The predicted octanol–water partition coefficient (Wildman–Crippen LogP) is -2.18. The highest BCUT2D eigenvalue weighted by atomic mass is 16.7. The van der Waals surface area contributed by atoms with Gasteiger partial charge in [0.05, 0.1) is 6.61 Å². The molecule has 0 amide bonds. The number of aliphatic hydroxyl groups excluding tert-OH is 3. The van der Waals surface area contributed by atoms with E-state index in [4.69, 9.17) is 14.6 Å². The van der Waals surface area contributed by atoms with E-state index in [1.54, 1.807) is 0 Å². The SMILES string of the molecule is COC1OC(CO)C(O)C(O)C1(C)O. The summed E-state index contributed by atoms with van der Waals surface area (Å²) in [5.41, 5.74) is -1.69. The summed E-state index contributed by atoms with van der Waals surface area (Å²) >= 11 is 0. The van der Waals surface area contributed by atoms with Crippen LogP contribution in [0.25, 0.3) is 0 Å². The summed E-state index contributed by atoms with van der Waals surface area (Å²) in [4.78, 5) is 0. The van der Waals surface area contributed by atoms with Crippen LogP contribution >= 0.6 is 0 Å². The van der Waals surface area contributed by atoms with Crippen molar-refractivity contribution < 1.29 is 29.9 Å². The number of rotatable bonds is 2. The van der Waals surface area contributed by atoms with Crippen molar-refractivity contribution in [3.8, 4) is 0 Å². The van der Waals surface area contributed by atoms with Crippen molar-refractivity contribution in [2.75, 3.05) is 13.7 Å². The third-order valence-corrected chi connectivity index (χ3v) is 2.47. The smallest absolute Gasteiger partial charge is 0.188 e. The van der Waals surface area contributed by atoms with Gasteiger partial charge in [0.15, 0.2) is 6.29 Å². The molecule has 0 saturated carbocycles. The molecule has 0 aromatic heterocycles. The van der Waals surface area contributed by atoms with E-state index in [1.807, 2.05) is 0 Å². The van der Waals surface area contributed by atoms with Crippen LogP contribution in [0.3, 0.4) is 0 Å². The zero-order valence-electron chi connectivity index (χ0n) is 8.12. The highest BCUT2D eigenvalue weighted by Crippen LogP contribution is 2.29. The molecule has 5 unspecified atom stereocenters. The van der Waals surface area contributed by atoms with Crippen molar-refractivity contribution in [1.82, 2.24) is 0 Å². The van der Waals surface area contributed by atoms with Crippen molar-refractivity contribution in [1.29, 1.82) is 0 Å². The van der Waals surface area contributed by atoms with Gasteiger partial charge in [-0.25, -0.2) is 0 Å². The molecule has 5 atom stereocenters. The Morgan fingerprint density at radius 2 is 2.00 bits per heavy atom. The second-order valence-electron chi connectivity index (χ2n) is 3.59. The second kappa shape index (κ2) is 4.09. The van der Waals surface area contributed by atoms with Crippen LogP contribution in [0.5, 0.6) is 0 Å². The minimum Gasteiger partial charge on any atom is -0.394 e. The van der Waals surface area contributed by atoms with Gasteiger partial charge in [-0.05, 0) is 6.92 Å². The molecular formula is C8H16O6. The van der Waals surface area contributed by atoms with Crippen LogP contribution in [-0.2, 0) is 9.47 Å². The highest BCUT2D eigenvalue weighted by molar-refractivity contribution is 4.97. The minimum atomic E-state index is -1.69. The lowest BCUT2D eigenvalue weighted by molar-refractivity contribution is -0.330. The van der Waals surface area contributed by atoms with Gasteiger partial charge in [0.25, 0.3) is 0 Å². The molecular weight excluding hydrogens is 192 g/mol. The Bertz CT molecular complexity index is 190. The van der Waals surface area contributed by atoms with Gasteiger partial charge in [0.2, 0.25) is 0 Å². The van der Waals surface area contributed by atoms with Crippen molar-refractivity contribution in [3.63, 3.8) is 0 Å². The average molecular weight is 208 g/mol. The summed E-state index contributed by atoms with van der Waals surface area (Å²) in [5, 5.41) is 37.5. The first-order valence-corrected chi connectivity index (χ1v) is 4.32. The van der Waals surface area contributed by atoms with Crippen LogP contribution in [-0.4, -0.2) is 64.3 Å². The van der Waals surface area contributed by atoms with E-state index >= 15 is 0 Å². The fourth-order valence-electron chi connectivity index (χ4n) is 1.51. The summed E-state index contributed by atoms with van der Waals surface area (Å²) in [6, 6.07) is 0. The Morgan fingerprint density at radius 3 is 2.43 bits per heavy atom. The van der Waals surface area contributed by atoms with E-state index in [9.17, 15) is 15.3 Å². The van der Waals surface area contributed by atoms with Crippen LogP contribution in [0.4, 0.5) is 0 Å². The number of hydrogen-bond donors (Lipinski definition) is 4. The molecule has 0 aliphatic carbocycles. The average Bonchev–Trinajstić information content (AvgIpc) is 2.15. The Hall–Kier alpha value is -0.240. The maximum absolute atomic E-state index is 9.74. The van der Waals surface area contributed by atoms with Crippen molar-refractivity contribution in [3.05, 3.63) is 0 Å². The van der Waals surface area contributed by atoms with E-state index < -0.39 is 36.8 Å². The predicted molar refractivity (Wildman–Crippen MR) is 45.4 cm³/mol. The van der Waals surface area contributed by atoms with Gasteiger partial charge in [-0.15, -0.1) is 0 Å². The lowest BCUT2D eigenvalue weighted by atomic mass is 9.88. The van der Waals surface area contributed by atoms with E-state index in [2.05, 4.69) is 0 Å². The third kappa shape index (κ3) is 1.77. The fraction of sp³-hybridized carbons (Fsp3) is 1.00. The molecule has 1 rings (SSSR count). The molecule has 0 aromatic carbocycles. The molecule has 1 heterocycles. The summed E-state index contributed by atoms with van der Waals surface area (Å²) in [7, 11) is 1.30. The molecule has 6 heteroatoms. The summed E-state index contributed by atoms with van der Waals surface area (Å²) in [6.45, 7) is 0.844. The minimum absolute atomic E-state index is 0.450. The Labute approximate surface area is 81.7 Å². The number of methoxy groups -OCH3 is 1. The Kier molecular flexibility index (Phi) is 3.46. The molecule has 84 valence electrons. The molecule has 0 bridgehead atoms. The van der Waals surface area contributed by atoms with Gasteiger partial charge in [-0.2, -0.15) is 0 Å². The molecule has 0 aromatic rings. The van der Waals surface area contributed by atoms with Crippen LogP contribution in [0, 0.1) is 0 Å². The van der Waals surface area contributed by atoms with Crippen molar-refractivity contribution in [2.24, 2.45) is 0 Å². The Balaban J connectivity index is 2.83. The third-order valence-electron chi connectivity index (χ3n) is 2.47. The summed E-state index contributed by atoms with van der Waals surface area (Å²) in [6.07, 6.45) is -4.77. The standard InChI is InChI=1S/C8H16O6/c1-8(12)6(11)5(10)4(3-9)14-7(8)13-2/h4-7,9-12H,3H2,1-2H3. The monoisotopic (exact) mass is 208 g/mol. The number of aliphatic hydroxyl groups is 4. The topological polar surface area (TPSA) is 99.4 Å². The molecule has 1 saturated heterocycles. The first kappa shape index (κ1) is 11.8. The van der Waals surface area contributed by atoms with E-state index in [0.717, 1.165) is 0 Å². The first-order chi connectivity index (χ1) is 6.45.